The van der Waals surface area contributed by atoms with Crippen molar-refractivity contribution in [3.63, 3.8) is 0 Å². The zero-order valence-corrected chi connectivity index (χ0v) is 53.4. The van der Waals surface area contributed by atoms with Gasteiger partial charge in [0, 0.05) is 12.8 Å². The third-order valence-corrected chi connectivity index (χ3v) is 16.6. The first kappa shape index (κ1) is 77.1. The number of aliphatic hydroxyl groups excluding tert-OH is 2. The van der Waals surface area contributed by atoms with Crippen LogP contribution in [0.3, 0.4) is 0 Å². The lowest BCUT2D eigenvalue weighted by Crippen LogP contribution is -2.45. The molecule has 0 rings (SSSR count). The highest BCUT2D eigenvalue weighted by Crippen LogP contribution is 2.18. The average Bonchev–Trinajstić information content (AvgIpc) is 3.45. The molecule has 0 aliphatic heterocycles. The quantitative estimate of drug-likeness (QED) is 0.0320. The smallest absolute Gasteiger partial charge is 0.305 e. The Bertz CT molecular complexity index is 1280. The summed E-state index contributed by atoms with van der Waals surface area (Å²) in [5.74, 6) is -0.0514. The minimum absolute atomic E-state index is 0.0141. The average molecular weight is 1110 g/mol. The number of nitrogens with one attached hydrogen (secondary N) is 1. The number of carbonyl (C=O) groups excluding carboxylic acids is 2. The summed E-state index contributed by atoms with van der Waals surface area (Å²) >= 11 is 0. The first-order chi connectivity index (χ1) is 39.0. The predicted octanol–water partition coefficient (Wildman–Crippen LogP) is 23.1. The maximum absolute atomic E-state index is 12.4. The molecular weight excluding hydrogens is 971 g/mol. The molecule has 1 amide bonds. The van der Waals surface area contributed by atoms with E-state index in [9.17, 15) is 19.8 Å². The van der Waals surface area contributed by atoms with Crippen molar-refractivity contribution in [3.05, 3.63) is 36.5 Å². The molecule has 6 nitrogen and oxygen atoms in total. The number of carbonyl (C=O) groups is 2. The molecule has 0 aliphatic rings. The molecule has 6 heteroatoms. The number of amides is 1. The van der Waals surface area contributed by atoms with Crippen molar-refractivity contribution in [1.29, 1.82) is 0 Å². The maximum atomic E-state index is 12.4. The molecule has 0 spiro atoms. The van der Waals surface area contributed by atoms with Crippen molar-refractivity contribution in [1.82, 2.24) is 5.32 Å². The van der Waals surface area contributed by atoms with Crippen LogP contribution in [0.5, 0.6) is 0 Å². The molecule has 0 aliphatic carbocycles. The van der Waals surface area contributed by atoms with Gasteiger partial charge in [-0.1, -0.05) is 333 Å². The molecular formula is C73H139NO5. The fraction of sp³-hybridized carbons (Fsp3) is 0.890. The maximum Gasteiger partial charge on any atom is 0.305 e. The molecule has 0 fully saturated rings. The van der Waals surface area contributed by atoms with Gasteiger partial charge in [-0.15, -0.1) is 0 Å². The third kappa shape index (κ3) is 65.1. The highest BCUT2D eigenvalue weighted by molar-refractivity contribution is 5.76. The van der Waals surface area contributed by atoms with Crippen LogP contribution in [-0.4, -0.2) is 47.4 Å². The molecule has 2 atom stereocenters. The van der Waals surface area contributed by atoms with Gasteiger partial charge in [-0.05, 0) is 83.5 Å². The van der Waals surface area contributed by atoms with Gasteiger partial charge in [0.15, 0.2) is 0 Å². The van der Waals surface area contributed by atoms with Crippen molar-refractivity contribution in [3.8, 4) is 0 Å². The summed E-state index contributed by atoms with van der Waals surface area (Å²) in [5.41, 5.74) is 0. The minimum Gasteiger partial charge on any atom is -0.466 e. The van der Waals surface area contributed by atoms with Crippen LogP contribution in [0.25, 0.3) is 0 Å². The monoisotopic (exact) mass is 1110 g/mol. The van der Waals surface area contributed by atoms with Gasteiger partial charge in [0.2, 0.25) is 5.91 Å². The van der Waals surface area contributed by atoms with Gasteiger partial charge in [0.25, 0.3) is 0 Å². The fourth-order valence-electron chi connectivity index (χ4n) is 11.2. The van der Waals surface area contributed by atoms with E-state index in [0.29, 0.717) is 19.4 Å². The molecule has 2 unspecified atom stereocenters. The number of hydrogen-bond donors (Lipinski definition) is 3. The van der Waals surface area contributed by atoms with Crippen molar-refractivity contribution >= 4 is 11.9 Å². The van der Waals surface area contributed by atoms with Gasteiger partial charge in [0.05, 0.1) is 25.4 Å². The van der Waals surface area contributed by atoms with Crippen LogP contribution in [0, 0.1) is 0 Å². The Hall–Kier alpha value is -1.92. The number of allylic oxidation sites excluding steroid dienone is 5. The highest BCUT2D eigenvalue weighted by Gasteiger charge is 2.18. The van der Waals surface area contributed by atoms with E-state index >= 15 is 0 Å². The standard InChI is InChI=1S/C73H139NO5/c1-3-5-7-9-11-13-14-15-16-41-44-47-51-55-59-63-67-73(78)79-68-64-60-56-52-48-45-42-39-37-35-33-31-29-27-25-23-21-19-17-18-20-22-24-26-28-30-32-34-36-38-40-43-46-50-54-58-62-66-72(77)74-70(69-75)71(76)65-61-57-53-49-12-10-8-6-4-2/h16-17,19,41,61,65,70-71,75-76H,3-15,18,20-40,42-60,62-64,66-69H2,1-2H3,(H,74,77)/b19-17-,41-16-,65-61+. The fourth-order valence-corrected chi connectivity index (χ4v) is 11.2. The van der Waals surface area contributed by atoms with Crippen molar-refractivity contribution < 1.29 is 24.5 Å². The third-order valence-electron chi connectivity index (χ3n) is 16.6. The SMILES string of the molecule is CCCCCCCCC/C=C\CCCCCCCC(=O)OCCCCCCCCCCCCCCCCCC/C=C\CCCCCCCCCCCCCCCCCCCC(=O)NC(CO)C(O)/C=C/CCCCCCCCC. The van der Waals surface area contributed by atoms with Crippen molar-refractivity contribution in [2.45, 2.75) is 405 Å². The zero-order chi connectivity index (χ0) is 57.1. The molecule has 3 N–H and O–H groups in total. The number of aliphatic hydroxyl groups is 2. The summed E-state index contributed by atoms with van der Waals surface area (Å²) < 4.78 is 5.50. The Morgan fingerprint density at radius 2 is 0.595 bits per heavy atom. The predicted molar refractivity (Wildman–Crippen MR) is 347 cm³/mol. The van der Waals surface area contributed by atoms with Gasteiger partial charge in [-0.2, -0.15) is 0 Å². The molecule has 0 radical (unpaired) electrons. The summed E-state index contributed by atoms with van der Waals surface area (Å²) in [7, 11) is 0. The van der Waals surface area contributed by atoms with E-state index in [1.807, 2.05) is 6.08 Å². The second-order valence-electron chi connectivity index (χ2n) is 24.6. The molecule has 79 heavy (non-hydrogen) atoms. The van der Waals surface area contributed by atoms with Crippen LogP contribution in [0.15, 0.2) is 36.5 Å². The zero-order valence-electron chi connectivity index (χ0n) is 53.4. The van der Waals surface area contributed by atoms with Crippen LogP contribution >= 0.6 is 0 Å². The van der Waals surface area contributed by atoms with Gasteiger partial charge < -0.3 is 20.3 Å². The van der Waals surface area contributed by atoms with Crippen molar-refractivity contribution in [2.75, 3.05) is 13.2 Å². The van der Waals surface area contributed by atoms with E-state index in [-0.39, 0.29) is 18.5 Å². The number of esters is 1. The summed E-state index contributed by atoms with van der Waals surface area (Å²) in [5, 5.41) is 23.0. The lowest BCUT2D eigenvalue weighted by molar-refractivity contribution is -0.143. The second kappa shape index (κ2) is 68.6. The number of ether oxygens (including phenoxy) is 1. The number of unbranched alkanes of at least 4 members (excludes halogenated alkanes) is 52. The van der Waals surface area contributed by atoms with Gasteiger partial charge in [-0.3, -0.25) is 9.59 Å². The summed E-state index contributed by atoms with van der Waals surface area (Å²) in [4.78, 5) is 24.5. The van der Waals surface area contributed by atoms with E-state index < -0.39 is 12.1 Å². The molecule has 0 saturated carbocycles. The highest BCUT2D eigenvalue weighted by atomic mass is 16.5. The number of hydrogen-bond acceptors (Lipinski definition) is 5. The Kier molecular flexibility index (Phi) is 66.9. The van der Waals surface area contributed by atoms with Crippen LogP contribution in [-0.2, 0) is 14.3 Å². The molecule has 0 aromatic heterocycles. The van der Waals surface area contributed by atoms with Crippen LogP contribution in [0.1, 0.15) is 393 Å². The molecule has 0 saturated heterocycles. The van der Waals surface area contributed by atoms with E-state index in [1.54, 1.807) is 6.08 Å². The molecule has 0 bridgehead atoms. The van der Waals surface area contributed by atoms with Crippen LogP contribution in [0.4, 0.5) is 0 Å². The lowest BCUT2D eigenvalue weighted by atomic mass is 10.0. The largest absolute Gasteiger partial charge is 0.466 e. The Balaban J connectivity index is 3.31. The summed E-state index contributed by atoms with van der Waals surface area (Å²) in [6, 6.07) is -0.622. The van der Waals surface area contributed by atoms with Crippen molar-refractivity contribution in [2.24, 2.45) is 0 Å². The van der Waals surface area contributed by atoms with Crippen LogP contribution in [0.2, 0.25) is 0 Å². The first-order valence-electron chi connectivity index (χ1n) is 35.8. The summed E-state index contributed by atoms with van der Waals surface area (Å²) in [6.07, 6.45) is 88.3. The lowest BCUT2D eigenvalue weighted by Gasteiger charge is -2.20. The molecule has 0 aromatic carbocycles. The molecule has 466 valence electrons. The van der Waals surface area contributed by atoms with E-state index in [0.717, 1.165) is 44.9 Å². The Morgan fingerprint density at radius 1 is 0.342 bits per heavy atom. The second-order valence-corrected chi connectivity index (χ2v) is 24.6. The molecule has 0 aromatic rings. The topological polar surface area (TPSA) is 95.9 Å². The van der Waals surface area contributed by atoms with Gasteiger partial charge in [0.1, 0.15) is 0 Å². The minimum atomic E-state index is -0.839. The van der Waals surface area contributed by atoms with Crippen LogP contribution < -0.4 is 5.32 Å². The Morgan fingerprint density at radius 3 is 0.899 bits per heavy atom. The summed E-state index contributed by atoms with van der Waals surface area (Å²) in [6.45, 7) is 4.90. The van der Waals surface area contributed by atoms with E-state index in [4.69, 9.17) is 4.74 Å². The van der Waals surface area contributed by atoms with E-state index in [2.05, 4.69) is 43.5 Å². The van der Waals surface area contributed by atoms with Gasteiger partial charge in [-0.25, -0.2) is 0 Å². The van der Waals surface area contributed by atoms with E-state index in [1.165, 1.54) is 321 Å². The van der Waals surface area contributed by atoms with Gasteiger partial charge >= 0.3 is 5.97 Å². The Labute approximate surface area is 494 Å². The molecule has 0 heterocycles. The first-order valence-corrected chi connectivity index (χ1v) is 35.8. The normalized spacial score (nSPS) is 12.7. The number of rotatable bonds is 67.